The number of aryl methyl sites for hydroxylation is 1. The molecule has 1 rings (SSSR count). The Morgan fingerprint density at radius 1 is 1.62 bits per heavy atom. The molecule has 0 heterocycles. The van der Waals surface area contributed by atoms with Crippen LogP contribution in [0.25, 0.3) is 0 Å². The number of nitro groups is 1. The molecule has 70 valence electrons. The summed E-state index contributed by atoms with van der Waals surface area (Å²) < 4.78 is 0. The van der Waals surface area contributed by atoms with Gasteiger partial charge in [0.25, 0.3) is 5.69 Å². The van der Waals surface area contributed by atoms with Gasteiger partial charge in [-0.05, 0) is 18.1 Å². The average Bonchev–Trinajstić information content (AvgIpc) is 2.09. The van der Waals surface area contributed by atoms with Crippen LogP contribution in [0.2, 0.25) is 5.02 Å². The minimum Gasteiger partial charge on any atom is -0.258 e. The van der Waals surface area contributed by atoms with E-state index in [1.165, 1.54) is 12.1 Å². The Morgan fingerprint density at radius 3 is 2.69 bits per heavy atom. The summed E-state index contributed by atoms with van der Waals surface area (Å²) in [6.45, 7) is 1.75. The average molecular weight is 265 g/mol. The maximum atomic E-state index is 10.5. The van der Waals surface area contributed by atoms with Crippen LogP contribution in [0.15, 0.2) is 12.1 Å². The van der Waals surface area contributed by atoms with Crippen molar-refractivity contribution in [3.8, 4) is 0 Å². The number of alkyl halides is 1. The van der Waals surface area contributed by atoms with Gasteiger partial charge in [0.15, 0.2) is 0 Å². The number of rotatable bonds is 2. The highest BCUT2D eigenvalue weighted by Crippen LogP contribution is 2.27. The van der Waals surface area contributed by atoms with Gasteiger partial charge in [-0.3, -0.25) is 10.1 Å². The van der Waals surface area contributed by atoms with Crippen LogP contribution in [-0.4, -0.2) is 4.92 Å². The molecule has 0 N–H and O–H groups in total. The fourth-order valence-corrected chi connectivity index (χ4v) is 1.80. The van der Waals surface area contributed by atoms with E-state index in [2.05, 4.69) is 15.9 Å². The fourth-order valence-electron chi connectivity index (χ4n) is 1.02. The number of nitro benzene ring substituents is 1. The van der Waals surface area contributed by atoms with Gasteiger partial charge in [0.05, 0.1) is 4.92 Å². The van der Waals surface area contributed by atoms with Crippen LogP contribution in [0.1, 0.15) is 11.1 Å². The predicted molar refractivity (Wildman–Crippen MR) is 55.5 cm³/mol. The van der Waals surface area contributed by atoms with Crippen molar-refractivity contribution in [3.63, 3.8) is 0 Å². The van der Waals surface area contributed by atoms with Gasteiger partial charge in [0.2, 0.25) is 0 Å². The van der Waals surface area contributed by atoms with Gasteiger partial charge in [-0.1, -0.05) is 27.5 Å². The molecule has 0 saturated carbocycles. The van der Waals surface area contributed by atoms with Gasteiger partial charge in [0.1, 0.15) is 0 Å². The Balaban J connectivity index is 3.30. The summed E-state index contributed by atoms with van der Waals surface area (Å²) >= 11 is 9.14. The summed E-state index contributed by atoms with van der Waals surface area (Å²) in [5, 5.41) is 11.6. The number of nitrogens with zero attached hydrogens (tertiary/aromatic N) is 1. The number of halogens is 2. The second-order valence-electron chi connectivity index (χ2n) is 2.63. The number of benzene rings is 1. The highest BCUT2D eigenvalue weighted by Gasteiger charge is 2.11. The van der Waals surface area contributed by atoms with E-state index in [-0.39, 0.29) is 5.69 Å². The fraction of sp³-hybridized carbons (Fsp3) is 0.250. The van der Waals surface area contributed by atoms with Crippen LogP contribution >= 0.6 is 27.5 Å². The summed E-state index contributed by atoms with van der Waals surface area (Å²) in [7, 11) is 0. The van der Waals surface area contributed by atoms with Crippen molar-refractivity contribution >= 4 is 33.2 Å². The topological polar surface area (TPSA) is 43.1 Å². The number of non-ortho nitro benzene ring substituents is 1. The quantitative estimate of drug-likeness (QED) is 0.466. The lowest BCUT2D eigenvalue weighted by atomic mass is 10.1. The van der Waals surface area contributed by atoms with E-state index in [4.69, 9.17) is 11.6 Å². The molecule has 1 aromatic carbocycles. The van der Waals surface area contributed by atoms with Gasteiger partial charge in [-0.2, -0.15) is 0 Å². The third kappa shape index (κ3) is 2.19. The molecule has 0 spiro atoms. The van der Waals surface area contributed by atoms with Crippen molar-refractivity contribution in [2.75, 3.05) is 0 Å². The predicted octanol–water partition coefficient (Wildman–Crippen LogP) is 3.45. The van der Waals surface area contributed by atoms with Gasteiger partial charge in [-0.25, -0.2) is 0 Å². The standard InChI is InChI=1S/C8H7BrClNO2/c1-5-2-7(11(12)13)3-6(4-9)8(5)10/h2-3H,4H2,1H3. The molecule has 5 heteroatoms. The summed E-state index contributed by atoms with van der Waals surface area (Å²) in [5.41, 5.74) is 1.55. The molecule has 0 fully saturated rings. The normalized spacial score (nSPS) is 10.1. The van der Waals surface area contributed by atoms with Gasteiger partial charge >= 0.3 is 0 Å². The monoisotopic (exact) mass is 263 g/mol. The molecule has 0 bridgehead atoms. The van der Waals surface area contributed by atoms with Crippen LogP contribution in [0.4, 0.5) is 5.69 Å². The van der Waals surface area contributed by atoms with Crippen LogP contribution in [0.5, 0.6) is 0 Å². The van der Waals surface area contributed by atoms with Gasteiger partial charge in [0, 0.05) is 22.5 Å². The van der Waals surface area contributed by atoms with E-state index in [1.807, 2.05) is 0 Å². The molecule has 0 unspecified atom stereocenters. The Morgan fingerprint density at radius 2 is 2.23 bits per heavy atom. The van der Waals surface area contributed by atoms with Gasteiger partial charge in [-0.15, -0.1) is 0 Å². The lowest BCUT2D eigenvalue weighted by Crippen LogP contribution is -1.92. The first-order chi connectivity index (χ1) is 6.06. The summed E-state index contributed by atoms with van der Waals surface area (Å²) in [6, 6.07) is 2.94. The molecule has 0 amide bonds. The lowest BCUT2D eigenvalue weighted by molar-refractivity contribution is -0.384. The molecule has 0 aliphatic rings. The Bertz CT molecular complexity index is 354. The van der Waals surface area contributed by atoms with Crippen molar-refractivity contribution < 1.29 is 4.92 Å². The molecule has 13 heavy (non-hydrogen) atoms. The highest BCUT2D eigenvalue weighted by molar-refractivity contribution is 9.08. The highest BCUT2D eigenvalue weighted by atomic mass is 79.9. The maximum Gasteiger partial charge on any atom is 0.270 e. The largest absolute Gasteiger partial charge is 0.270 e. The van der Waals surface area contributed by atoms with Crippen LogP contribution in [-0.2, 0) is 5.33 Å². The molecule has 0 aliphatic heterocycles. The molecule has 0 aliphatic carbocycles. The Hall–Kier alpha value is -0.610. The Kier molecular flexibility index (Phi) is 3.27. The second kappa shape index (κ2) is 4.07. The smallest absolute Gasteiger partial charge is 0.258 e. The molecule has 0 aromatic heterocycles. The molecular formula is C8H7BrClNO2. The van der Waals surface area contributed by atoms with Crippen molar-refractivity contribution in [1.29, 1.82) is 0 Å². The minimum atomic E-state index is -0.421. The summed E-state index contributed by atoms with van der Waals surface area (Å²) in [5.74, 6) is 0. The van der Waals surface area contributed by atoms with Crippen LogP contribution in [0.3, 0.4) is 0 Å². The molecule has 0 atom stereocenters. The van der Waals surface area contributed by atoms with E-state index in [0.29, 0.717) is 10.4 Å². The van der Waals surface area contributed by atoms with Gasteiger partial charge < -0.3 is 0 Å². The van der Waals surface area contributed by atoms with Crippen LogP contribution in [0, 0.1) is 17.0 Å². The zero-order valence-corrected chi connectivity index (χ0v) is 9.22. The molecule has 3 nitrogen and oxygen atoms in total. The lowest BCUT2D eigenvalue weighted by Gasteiger charge is -2.03. The number of hydrogen-bond donors (Lipinski definition) is 0. The second-order valence-corrected chi connectivity index (χ2v) is 3.57. The first-order valence-corrected chi connectivity index (χ1v) is 5.05. The van der Waals surface area contributed by atoms with Crippen LogP contribution < -0.4 is 0 Å². The zero-order chi connectivity index (χ0) is 10.0. The van der Waals surface area contributed by atoms with E-state index >= 15 is 0 Å². The van der Waals surface area contributed by atoms with Crippen molar-refractivity contribution in [2.24, 2.45) is 0 Å². The Labute approximate surface area is 89.0 Å². The minimum absolute atomic E-state index is 0.0800. The van der Waals surface area contributed by atoms with Crippen molar-refractivity contribution in [1.82, 2.24) is 0 Å². The van der Waals surface area contributed by atoms with Crippen molar-refractivity contribution in [3.05, 3.63) is 38.4 Å². The first-order valence-electron chi connectivity index (χ1n) is 3.55. The molecular weight excluding hydrogens is 257 g/mol. The zero-order valence-electron chi connectivity index (χ0n) is 6.88. The molecule has 1 aromatic rings. The first kappa shape index (κ1) is 10.5. The van der Waals surface area contributed by atoms with E-state index in [9.17, 15) is 10.1 Å². The third-order valence-electron chi connectivity index (χ3n) is 1.67. The van der Waals surface area contributed by atoms with Crippen molar-refractivity contribution in [2.45, 2.75) is 12.3 Å². The van der Waals surface area contributed by atoms with E-state index in [0.717, 1.165) is 11.1 Å². The third-order valence-corrected chi connectivity index (χ3v) is 2.81. The van der Waals surface area contributed by atoms with E-state index < -0.39 is 4.92 Å². The number of hydrogen-bond acceptors (Lipinski definition) is 2. The summed E-state index contributed by atoms with van der Waals surface area (Å²) in [6.07, 6.45) is 0. The van der Waals surface area contributed by atoms with E-state index in [1.54, 1.807) is 6.92 Å². The summed E-state index contributed by atoms with van der Waals surface area (Å²) in [4.78, 5) is 10.1. The SMILES string of the molecule is Cc1cc([N+](=O)[O-])cc(CBr)c1Cl. The maximum absolute atomic E-state index is 10.5. The molecule has 0 saturated heterocycles. The molecule has 0 radical (unpaired) electrons.